The molecule has 2 amide bonds. The summed E-state index contributed by atoms with van der Waals surface area (Å²) in [5.41, 5.74) is 0. The Labute approximate surface area is 204 Å². The van der Waals surface area contributed by atoms with Crippen molar-refractivity contribution in [3.05, 3.63) is 0 Å². The standard InChI is InChI=1S/C18H19F13N2O3S/c19-13(20,14(21,22)15(23,24)16(25,26)17(27,28)18(29,30)31)5-6-36-10(34)4-2-1-3-9-11-8(7-37-9)32-12(35)33-11/h8-9,11H,1-7H2,(H2,32,33,35)/t8-,9-,11-/m0/s1. The number of hydrogen-bond donors (Lipinski definition) is 2. The van der Waals surface area contributed by atoms with Crippen LogP contribution < -0.4 is 10.6 Å². The minimum absolute atomic E-state index is 0.00501. The monoisotopic (exact) mass is 590 g/mol. The number of amides is 2. The maximum atomic E-state index is 13.7. The maximum Gasteiger partial charge on any atom is 0.460 e. The molecule has 37 heavy (non-hydrogen) atoms. The smallest absolute Gasteiger partial charge is 0.460 e. The quantitative estimate of drug-likeness (QED) is 0.139. The number of carbonyl (C=O) groups excluding carboxylic acids is 2. The first-order chi connectivity index (χ1) is 16.6. The number of carbonyl (C=O) groups is 2. The Morgan fingerprint density at radius 2 is 1.41 bits per heavy atom. The van der Waals surface area contributed by atoms with Crippen molar-refractivity contribution in [2.24, 2.45) is 0 Å². The lowest BCUT2D eigenvalue weighted by Gasteiger charge is -2.39. The molecule has 2 saturated heterocycles. The van der Waals surface area contributed by atoms with E-state index in [4.69, 9.17) is 0 Å². The number of ether oxygens (including phenoxy) is 1. The van der Waals surface area contributed by atoms with Gasteiger partial charge in [-0.25, -0.2) is 4.79 Å². The summed E-state index contributed by atoms with van der Waals surface area (Å²) in [5, 5.41) is 5.41. The largest absolute Gasteiger partial charge is 0.465 e. The normalized spacial score (nSPS) is 23.5. The van der Waals surface area contributed by atoms with Crippen molar-refractivity contribution in [3.63, 3.8) is 0 Å². The van der Waals surface area contributed by atoms with E-state index in [1.165, 1.54) is 0 Å². The van der Waals surface area contributed by atoms with E-state index >= 15 is 0 Å². The highest BCUT2D eigenvalue weighted by Gasteiger charge is 2.90. The van der Waals surface area contributed by atoms with Crippen LogP contribution in [-0.2, 0) is 9.53 Å². The minimum Gasteiger partial charge on any atom is -0.465 e. The molecule has 2 aliphatic heterocycles. The Balaban J connectivity index is 1.85. The first-order valence-electron chi connectivity index (χ1n) is 10.4. The third kappa shape index (κ3) is 5.79. The molecule has 0 radical (unpaired) electrons. The summed E-state index contributed by atoms with van der Waals surface area (Å²) in [6, 6.07) is -0.545. The first-order valence-corrected chi connectivity index (χ1v) is 11.4. The van der Waals surface area contributed by atoms with Gasteiger partial charge in [-0.15, -0.1) is 0 Å². The summed E-state index contributed by atoms with van der Waals surface area (Å²) in [6.45, 7) is -1.75. The van der Waals surface area contributed by atoms with Gasteiger partial charge in [0.2, 0.25) is 0 Å². The van der Waals surface area contributed by atoms with Crippen LogP contribution in [0.15, 0.2) is 0 Å². The molecule has 0 spiro atoms. The van der Waals surface area contributed by atoms with Crippen LogP contribution >= 0.6 is 11.8 Å². The van der Waals surface area contributed by atoms with E-state index in [0.717, 1.165) is 0 Å². The third-order valence-electron chi connectivity index (χ3n) is 5.74. The van der Waals surface area contributed by atoms with Gasteiger partial charge < -0.3 is 15.4 Å². The van der Waals surface area contributed by atoms with E-state index in [2.05, 4.69) is 15.4 Å². The number of thioether (sulfide) groups is 1. The molecule has 0 aliphatic carbocycles. The average Bonchev–Trinajstić information content (AvgIpc) is 3.29. The number of esters is 1. The van der Waals surface area contributed by atoms with Crippen LogP contribution in [0.5, 0.6) is 0 Å². The average molecular weight is 590 g/mol. The summed E-state index contributed by atoms with van der Waals surface area (Å²) in [4.78, 5) is 22.9. The number of alkyl halides is 13. The molecule has 2 aliphatic rings. The highest BCUT2D eigenvalue weighted by atomic mass is 32.2. The summed E-state index contributed by atoms with van der Waals surface area (Å²) in [5.74, 6) is -37.9. The maximum absolute atomic E-state index is 13.7. The lowest BCUT2D eigenvalue weighted by atomic mass is 9.93. The molecule has 5 nitrogen and oxygen atoms in total. The van der Waals surface area contributed by atoms with Gasteiger partial charge in [0.25, 0.3) is 0 Å². The van der Waals surface area contributed by atoms with E-state index in [1.807, 2.05) is 0 Å². The Hall–Kier alpha value is -1.82. The van der Waals surface area contributed by atoms with Gasteiger partial charge in [-0.3, -0.25) is 4.79 Å². The number of nitrogens with one attached hydrogen (secondary N) is 2. The van der Waals surface area contributed by atoms with E-state index in [1.54, 1.807) is 11.8 Å². The second-order valence-corrected chi connectivity index (χ2v) is 9.61. The zero-order valence-corrected chi connectivity index (χ0v) is 19.0. The van der Waals surface area contributed by atoms with E-state index in [0.29, 0.717) is 18.6 Å². The van der Waals surface area contributed by atoms with Crippen LogP contribution in [0.2, 0.25) is 0 Å². The van der Waals surface area contributed by atoms with E-state index < -0.39 is 61.2 Å². The number of halogens is 13. The molecule has 0 aromatic carbocycles. The van der Waals surface area contributed by atoms with Crippen molar-refractivity contribution in [2.45, 2.75) is 85.2 Å². The summed E-state index contributed by atoms with van der Waals surface area (Å²) in [7, 11) is 0. The molecule has 2 fully saturated rings. The molecular formula is C18H19F13N2O3S. The fraction of sp³-hybridized carbons (Fsp3) is 0.889. The molecule has 2 N–H and O–H groups in total. The zero-order chi connectivity index (χ0) is 28.7. The first kappa shape index (κ1) is 31.4. The van der Waals surface area contributed by atoms with Crippen molar-refractivity contribution >= 4 is 23.8 Å². The van der Waals surface area contributed by atoms with Crippen molar-refractivity contribution in [2.75, 3.05) is 12.4 Å². The summed E-state index contributed by atoms with van der Waals surface area (Å²) in [6.07, 6.45) is -9.53. The molecule has 0 saturated carbocycles. The number of unbranched alkanes of at least 4 members (excludes halogenated alkanes) is 1. The Morgan fingerprint density at radius 3 is 1.97 bits per heavy atom. The molecule has 0 unspecified atom stereocenters. The predicted octanol–water partition coefficient (Wildman–Crippen LogP) is 5.38. The topological polar surface area (TPSA) is 67.4 Å². The number of rotatable bonds is 12. The van der Waals surface area contributed by atoms with Crippen LogP contribution in [0.1, 0.15) is 32.1 Å². The molecule has 0 aromatic heterocycles. The van der Waals surface area contributed by atoms with Crippen LogP contribution in [0.25, 0.3) is 0 Å². The number of fused-ring (bicyclic) bond motifs is 1. The lowest BCUT2D eigenvalue weighted by molar-refractivity contribution is -0.440. The lowest BCUT2D eigenvalue weighted by Crippen LogP contribution is -2.70. The molecular weight excluding hydrogens is 571 g/mol. The van der Waals surface area contributed by atoms with Gasteiger partial charge in [-0.2, -0.15) is 68.8 Å². The van der Waals surface area contributed by atoms with Gasteiger partial charge in [0, 0.05) is 17.4 Å². The van der Waals surface area contributed by atoms with E-state index in [-0.39, 0.29) is 29.8 Å². The zero-order valence-electron chi connectivity index (χ0n) is 18.2. The molecule has 0 aromatic rings. The van der Waals surface area contributed by atoms with Gasteiger partial charge in [0.15, 0.2) is 0 Å². The van der Waals surface area contributed by atoms with Gasteiger partial charge in [0.1, 0.15) is 0 Å². The highest BCUT2D eigenvalue weighted by Crippen LogP contribution is 2.60. The van der Waals surface area contributed by atoms with Crippen molar-refractivity contribution < 1.29 is 71.4 Å². The fourth-order valence-electron chi connectivity index (χ4n) is 3.58. The third-order valence-corrected chi connectivity index (χ3v) is 7.24. The Bertz CT molecular complexity index is 853. The molecule has 19 heteroatoms. The second kappa shape index (κ2) is 10.4. The van der Waals surface area contributed by atoms with Crippen LogP contribution in [0.4, 0.5) is 61.9 Å². The van der Waals surface area contributed by atoms with Crippen LogP contribution in [-0.4, -0.2) is 77.5 Å². The van der Waals surface area contributed by atoms with Crippen LogP contribution in [0.3, 0.4) is 0 Å². The van der Waals surface area contributed by atoms with Crippen LogP contribution in [0, 0.1) is 0 Å². The summed E-state index contributed by atoms with van der Waals surface area (Å²) >= 11 is 1.55. The highest BCUT2D eigenvalue weighted by molar-refractivity contribution is 8.00. The molecule has 0 bridgehead atoms. The van der Waals surface area contributed by atoms with Gasteiger partial charge in [-0.05, 0) is 12.8 Å². The second-order valence-electron chi connectivity index (χ2n) is 8.34. The van der Waals surface area contributed by atoms with Gasteiger partial charge in [-0.1, -0.05) is 6.42 Å². The Kier molecular flexibility index (Phi) is 8.82. The molecule has 216 valence electrons. The number of urea groups is 1. The minimum atomic E-state index is -7.96. The number of hydrogen-bond acceptors (Lipinski definition) is 4. The van der Waals surface area contributed by atoms with E-state index in [9.17, 15) is 66.7 Å². The molecule has 2 heterocycles. The molecule has 3 atom stereocenters. The van der Waals surface area contributed by atoms with Crippen molar-refractivity contribution in [3.8, 4) is 0 Å². The SMILES string of the molecule is O=C1N[C@H]2[C@H](CS[C@H]2CCCCC(=O)OCCC(F)(F)C(F)(F)C(F)(F)C(F)(F)C(F)(F)C(F)(F)F)N1. The van der Waals surface area contributed by atoms with Gasteiger partial charge in [0.05, 0.1) is 25.1 Å². The molecule has 2 rings (SSSR count). The van der Waals surface area contributed by atoms with Gasteiger partial charge >= 0.3 is 47.8 Å². The van der Waals surface area contributed by atoms with Crippen molar-refractivity contribution in [1.82, 2.24) is 10.6 Å². The van der Waals surface area contributed by atoms with Crippen molar-refractivity contribution in [1.29, 1.82) is 0 Å². The summed E-state index contributed by atoms with van der Waals surface area (Å²) < 4.78 is 174. The predicted molar refractivity (Wildman–Crippen MR) is 100 cm³/mol. The fourth-order valence-corrected chi connectivity index (χ4v) is 5.13. The Morgan fingerprint density at radius 1 is 0.838 bits per heavy atom.